The average molecular weight is 281 g/mol. The van der Waals surface area contributed by atoms with E-state index in [1.165, 1.54) is 11.1 Å². The van der Waals surface area contributed by atoms with E-state index in [1.807, 2.05) is 37.5 Å². The number of nitrogens with zero attached hydrogens (tertiary/aromatic N) is 3. The van der Waals surface area contributed by atoms with Gasteiger partial charge >= 0.3 is 0 Å². The van der Waals surface area contributed by atoms with Gasteiger partial charge in [-0.1, -0.05) is 24.3 Å². The third-order valence-corrected chi connectivity index (χ3v) is 7.24. The van der Waals surface area contributed by atoms with Crippen LogP contribution in [-0.2, 0) is 11.0 Å². The van der Waals surface area contributed by atoms with E-state index in [0.29, 0.717) is 0 Å². The second-order valence-corrected chi connectivity index (χ2v) is 8.64. The molecule has 0 fully saturated rings. The zero-order chi connectivity index (χ0) is 14.2. The molecule has 0 amide bonds. The van der Waals surface area contributed by atoms with E-state index in [4.69, 9.17) is 0 Å². The summed E-state index contributed by atoms with van der Waals surface area (Å²) in [6.45, 7) is 2.99. The largest absolute Gasteiger partial charge is 0.286 e. The van der Waals surface area contributed by atoms with E-state index in [-0.39, 0.29) is 6.04 Å². The van der Waals surface area contributed by atoms with Crippen LogP contribution in [0, 0.1) is 0 Å². The van der Waals surface area contributed by atoms with Crippen molar-refractivity contribution in [1.82, 2.24) is 14.0 Å². The summed E-state index contributed by atoms with van der Waals surface area (Å²) in [7, 11) is 4.94. The molecule has 1 aromatic carbocycles. The second-order valence-electron chi connectivity index (χ2n) is 5.50. The highest BCUT2D eigenvalue weighted by Crippen LogP contribution is 2.57. The van der Waals surface area contributed by atoms with Gasteiger partial charge in [-0.15, -0.1) is 0 Å². The normalized spacial score (nSPS) is 20.9. The minimum atomic E-state index is -2.65. The first kappa shape index (κ1) is 14.7. The van der Waals surface area contributed by atoms with Gasteiger partial charge in [-0.05, 0) is 52.7 Å². The highest BCUT2D eigenvalue weighted by Gasteiger charge is 2.41. The average Bonchev–Trinajstić information content (AvgIpc) is 2.38. The minimum Gasteiger partial charge on any atom is -0.270 e. The van der Waals surface area contributed by atoms with Crippen molar-refractivity contribution in [1.29, 1.82) is 0 Å². The van der Waals surface area contributed by atoms with Crippen molar-refractivity contribution >= 4 is 7.59 Å². The zero-order valence-electron chi connectivity index (χ0n) is 12.5. The van der Waals surface area contributed by atoms with Gasteiger partial charge in [-0.3, -0.25) is 4.57 Å². The summed E-state index contributed by atoms with van der Waals surface area (Å²) in [5.41, 5.74) is 2.69. The molecule has 0 aliphatic carbocycles. The molecule has 5 heteroatoms. The van der Waals surface area contributed by atoms with Crippen LogP contribution in [0.5, 0.6) is 0 Å². The van der Waals surface area contributed by atoms with Gasteiger partial charge in [0, 0.05) is 12.6 Å². The minimum absolute atomic E-state index is 0.181. The first-order chi connectivity index (χ1) is 8.89. The van der Waals surface area contributed by atoms with Gasteiger partial charge < -0.3 is 0 Å². The summed E-state index contributed by atoms with van der Waals surface area (Å²) in [6, 6.07) is 8.66. The van der Waals surface area contributed by atoms with Crippen molar-refractivity contribution in [3.63, 3.8) is 0 Å². The molecular weight excluding hydrogens is 257 g/mol. The Bertz CT molecular complexity index is 489. The van der Waals surface area contributed by atoms with Crippen molar-refractivity contribution in [2.45, 2.75) is 19.4 Å². The van der Waals surface area contributed by atoms with Crippen LogP contribution in [0.15, 0.2) is 24.3 Å². The van der Waals surface area contributed by atoms with E-state index in [1.54, 1.807) is 0 Å². The van der Waals surface area contributed by atoms with Gasteiger partial charge in [0.15, 0.2) is 0 Å². The zero-order valence-corrected chi connectivity index (χ0v) is 13.4. The molecule has 1 aliphatic heterocycles. The van der Waals surface area contributed by atoms with Gasteiger partial charge in [-0.25, -0.2) is 14.0 Å². The molecule has 2 rings (SSSR count). The summed E-state index contributed by atoms with van der Waals surface area (Å²) in [5, 5.41) is 0. The lowest BCUT2D eigenvalue weighted by molar-refractivity contribution is 0.270. The molecule has 0 radical (unpaired) electrons. The van der Waals surface area contributed by atoms with Crippen molar-refractivity contribution in [2.24, 2.45) is 0 Å². The van der Waals surface area contributed by atoms with Gasteiger partial charge in [0.2, 0.25) is 0 Å². The third-order valence-electron chi connectivity index (χ3n) is 3.94. The molecule has 1 atom stereocenters. The molecule has 0 saturated carbocycles. The molecular formula is C14H24N3OP. The number of fused-ring (bicyclic) bond motifs is 1. The Morgan fingerprint density at radius 2 is 1.74 bits per heavy atom. The number of hydrogen-bond donors (Lipinski definition) is 0. The van der Waals surface area contributed by atoms with E-state index < -0.39 is 7.59 Å². The van der Waals surface area contributed by atoms with Gasteiger partial charge in [0.25, 0.3) is 7.59 Å². The fourth-order valence-electron chi connectivity index (χ4n) is 2.93. The Morgan fingerprint density at radius 3 is 2.32 bits per heavy atom. The lowest BCUT2D eigenvalue weighted by atomic mass is 9.96. The molecule has 1 unspecified atom stereocenters. The van der Waals surface area contributed by atoms with E-state index in [2.05, 4.69) is 35.9 Å². The van der Waals surface area contributed by atoms with Crippen LogP contribution in [-0.4, -0.2) is 48.7 Å². The Morgan fingerprint density at radius 1 is 1.16 bits per heavy atom. The molecule has 1 aromatic rings. The molecule has 0 spiro atoms. The first-order valence-corrected chi connectivity index (χ1v) is 8.26. The van der Waals surface area contributed by atoms with Crippen LogP contribution in [0.3, 0.4) is 0 Å². The van der Waals surface area contributed by atoms with Crippen LogP contribution < -0.4 is 0 Å². The predicted octanol–water partition coefficient (Wildman–Crippen LogP) is 2.84. The predicted molar refractivity (Wildman–Crippen MR) is 80.2 cm³/mol. The van der Waals surface area contributed by atoms with Crippen molar-refractivity contribution < 1.29 is 4.57 Å². The lowest BCUT2D eigenvalue weighted by Gasteiger charge is -2.45. The summed E-state index contributed by atoms with van der Waals surface area (Å²) in [6.07, 6.45) is 0.964. The maximum atomic E-state index is 13.4. The molecule has 0 bridgehead atoms. The Labute approximate surface area is 116 Å². The molecule has 106 valence electrons. The number of hydrogen-bond acceptors (Lipinski definition) is 1. The van der Waals surface area contributed by atoms with E-state index >= 15 is 0 Å². The fourth-order valence-corrected chi connectivity index (χ4v) is 5.50. The summed E-state index contributed by atoms with van der Waals surface area (Å²) < 4.78 is 19.2. The van der Waals surface area contributed by atoms with Gasteiger partial charge in [0.05, 0.1) is 0 Å². The SMILES string of the molecule is CC1c2ccccc2CCN1P(=O)(N(C)C)N(C)C. The maximum Gasteiger partial charge on any atom is 0.286 e. The highest BCUT2D eigenvalue weighted by molar-refractivity contribution is 7.56. The molecule has 19 heavy (non-hydrogen) atoms. The molecule has 1 heterocycles. The number of benzene rings is 1. The maximum absolute atomic E-state index is 13.4. The molecule has 1 aliphatic rings. The molecule has 0 saturated heterocycles. The van der Waals surface area contributed by atoms with Crippen LogP contribution in [0.1, 0.15) is 24.1 Å². The topological polar surface area (TPSA) is 26.8 Å². The van der Waals surface area contributed by atoms with Crippen molar-refractivity contribution in [3.05, 3.63) is 35.4 Å². The van der Waals surface area contributed by atoms with Gasteiger partial charge in [-0.2, -0.15) is 0 Å². The van der Waals surface area contributed by atoms with E-state index in [9.17, 15) is 4.57 Å². The fraction of sp³-hybridized carbons (Fsp3) is 0.571. The number of rotatable bonds is 3. The molecule has 4 nitrogen and oxygen atoms in total. The quantitative estimate of drug-likeness (QED) is 0.796. The standard InChI is InChI=1S/C14H24N3OP/c1-12-14-9-7-6-8-13(14)10-11-17(12)19(18,15(2)3)16(4)5/h6-9,12H,10-11H2,1-5H3. The molecule has 0 aromatic heterocycles. The van der Waals surface area contributed by atoms with E-state index in [0.717, 1.165) is 13.0 Å². The first-order valence-electron chi connectivity index (χ1n) is 6.69. The van der Waals surface area contributed by atoms with Gasteiger partial charge in [0.1, 0.15) is 0 Å². The summed E-state index contributed by atoms with van der Waals surface area (Å²) in [5.74, 6) is 0. The Kier molecular flexibility index (Phi) is 4.17. The highest BCUT2D eigenvalue weighted by atomic mass is 31.2. The Balaban J connectivity index is 2.41. The van der Waals surface area contributed by atoms with Crippen LogP contribution in [0.2, 0.25) is 0 Å². The summed E-state index contributed by atoms with van der Waals surface area (Å²) >= 11 is 0. The third kappa shape index (κ3) is 2.38. The van der Waals surface area contributed by atoms with Crippen molar-refractivity contribution in [2.75, 3.05) is 34.7 Å². The Hall–Kier alpha value is -0.670. The van der Waals surface area contributed by atoms with Crippen molar-refractivity contribution in [3.8, 4) is 0 Å². The monoisotopic (exact) mass is 281 g/mol. The molecule has 0 N–H and O–H groups in total. The van der Waals surface area contributed by atoms with Crippen LogP contribution in [0.4, 0.5) is 0 Å². The summed E-state index contributed by atoms with van der Waals surface area (Å²) in [4.78, 5) is 0. The lowest BCUT2D eigenvalue weighted by Crippen LogP contribution is -2.40. The second kappa shape index (κ2) is 5.37. The smallest absolute Gasteiger partial charge is 0.270 e. The van der Waals surface area contributed by atoms with Crippen LogP contribution >= 0.6 is 7.59 Å². The van der Waals surface area contributed by atoms with Crippen LogP contribution in [0.25, 0.3) is 0 Å².